The fourth-order valence-electron chi connectivity index (χ4n) is 1.57. The van der Waals surface area contributed by atoms with Gasteiger partial charge in [-0.2, -0.15) is 5.10 Å². The smallest absolute Gasteiger partial charge is 0.289 e. The third-order valence-electron chi connectivity index (χ3n) is 2.30. The molecule has 2 heterocycles. The summed E-state index contributed by atoms with van der Waals surface area (Å²) in [4.78, 5) is 13.4. The standard InChI is InChI=1S/C10H8N4OS/c11-5-1-2-7-6(3-5)13-9-8(16-7)4-12-14-10(9)15/h1-4,13H,11H2,(H,14,15). The molecular formula is C10H8N4OS. The molecule has 1 aliphatic heterocycles. The number of aromatic nitrogens is 2. The van der Waals surface area contributed by atoms with Crippen LogP contribution in [0.1, 0.15) is 0 Å². The average molecular weight is 232 g/mol. The minimum Gasteiger partial charge on any atom is -0.399 e. The van der Waals surface area contributed by atoms with Gasteiger partial charge in [0.05, 0.1) is 16.8 Å². The molecule has 0 atom stereocenters. The fourth-order valence-corrected chi connectivity index (χ4v) is 2.51. The molecule has 0 saturated carbocycles. The lowest BCUT2D eigenvalue weighted by Crippen LogP contribution is -2.16. The van der Waals surface area contributed by atoms with Gasteiger partial charge in [-0.1, -0.05) is 11.8 Å². The van der Waals surface area contributed by atoms with Crippen molar-refractivity contribution >= 4 is 28.8 Å². The number of nitrogens with zero attached hydrogens (tertiary/aromatic N) is 1. The second-order valence-electron chi connectivity index (χ2n) is 3.42. The first-order valence-corrected chi connectivity index (χ1v) is 5.48. The van der Waals surface area contributed by atoms with Gasteiger partial charge in [0.2, 0.25) is 0 Å². The van der Waals surface area contributed by atoms with Crippen LogP contribution in [0.25, 0.3) is 0 Å². The van der Waals surface area contributed by atoms with Crippen LogP contribution in [0.15, 0.2) is 39.0 Å². The number of rotatable bonds is 0. The van der Waals surface area contributed by atoms with Crippen molar-refractivity contribution in [2.45, 2.75) is 9.79 Å². The molecule has 0 spiro atoms. The van der Waals surface area contributed by atoms with Crippen LogP contribution in [0.5, 0.6) is 0 Å². The molecule has 16 heavy (non-hydrogen) atoms. The molecule has 4 N–H and O–H groups in total. The normalized spacial score (nSPS) is 12.5. The van der Waals surface area contributed by atoms with E-state index in [0.29, 0.717) is 11.4 Å². The van der Waals surface area contributed by atoms with Crippen molar-refractivity contribution in [3.8, 4) is 0 Å². The summed E-state index contributed by atoms with van der Waals surface area (Å²) in [5.41, 5.74) is 7.52. The second kappa shape index (κ2) is 3.28. The lowest BCUT2D eigenvalue weighted by atomic mass is 10.2. The summed E-state index contributed by atoms with van der Waals surface area (Å²) >= 11 is 1.50. The van der Waals surface area contributed by atoms with E-state index in [1.165, 1.54) is 11.8 Å². The molecule has 1 aromatic carbocycles. The van der Waals surface area contributed by atoms with E-state index in [9.17, 15) is 4.79 Å². The predicted molar refractivity (Wildman–Crippen MR) is 63.1 cm³/mol. The van der Waals surface area contributed by atoms with Gasteiger partial charge in [0.25, 0.3) is 5.56 Å². The highest BCUT2D eigenvalue weighted by Crippen LogP contribution is 2.42. The Morgan fingerprint density at radius 2 is 2.19 bits per heavy atom. The van der Waals surface area contributed by atoms with E-state index < -0.39 is 0 Å². The van der Waals surface area contributed by atoms with Gasteiger partial charge in [-0.05, 0) is 18.2 Å². The van der Waals surface area contributed by atoms with Crippen molar-refractivity contribution in [1.82, 2.24) is 10.2 Å². The van der Waals surface area contributed by atoms with E-state index in [2.05, 4.69) is 15.5 Å². The van der Waals surface area contributed by atoms with Crippen LogP contribution in [-0.4, -0.2) is 10.2 Å². The predicted octanol–water partition coefficient (Wildman–Crippen LogP) is 1.56. The van der Waals surface area contributed by atoms with E-state index in [1.807, 2.05) is 18.2 Å². The first-order valence-electron chi connectivity index (χ1n) is 4.66. The van der Waals surface area contributed by atoms with Gasteiger partial charge in [-0.3, -0.25) is 4.79 Å². The van der Waals surface area contributed by atoms with Crippen LogP contribution in [-0.2, 0) is 0 Å². The number of nitrogen functional groups attached to an aromatic ring is 1. The maximum atomic E-state index is 11.5. The summed E-state index contributed by atoms with van der Waals surface area (Å²) in [7, 11) is 0. The molecule has 5 nitrogen and oxygen atoms in total. The monoisotopic (exact) mass is 232 g/mol. The summed E-state index contributed by atoms with van der Waals surface area (Å²) in [5.74, 6) is 0. The Labute approximate surface area is 95.1 Å². The molecule has 0 unspecified atom stereocenters. The summed E-state index contributed by atoms with van der Waals surface area (Å²) < 4.78 is 0. The Balaban J connectivity index is 2.17. The molecule has 0 aliphatic carbocycles. The van der Waals surface area contributed by atoms with Gasteiger partial charge < -0.3 is 11.1 Å². The summed E-state index contributed by atoms with van der Waals surface area (Å²) in [6, 6.07) is 5.57. The third kappa shape index (κ3) is 1.35. The molecule has 0 saturated heterocycles. The highest BCUT2D eigenvalue weighted by Gasteiger charge is 2.18. The van der Waals surface area contributed by atoms with Crippen LogP contribution < -0.4 is 16.6 Å². The molecule has 3 rings (SSSR count). The number of H-pyrrole nitrogens is 1. The number of hydrogen-bond donors (Lipinski definition) is 3. The number of hydrogen-bond acceptors (Lipinski definition) is 5. The van der Waals surface area contributed by atoms with Gasteiger partial charge >= 0.3 is 0 Å². The quantitative estimate of drug-likeness (QED) is 0.512. The molecule has 0 fully saturated rings. The maximum absolute atomic E-state index is 11.5. The van der Waals surface area contributed by atoms with Crippen molar-refractivity contribution in [1.29, 1.82) is 0 Å². The Kier molecular flexibility index (Phi) is 1.90. The van der Waals surface area contributed by atoms with Crippen molar-refractivity contribution < 1.29 is 0 Å². The zero-order chi connectivity index (χ0) is 11.1. The van der Waals surface area contributed by atoms with Crippen molar-refractivity contribution in [2.24, 2.45) is 0 Å². The molecule has 2 aromatic rings. The number of fused-ring (bicyclic) bond motifs is 2. The molecule has 80 valence electrons. The van der Waals surface area contributed by atoms with Gasteiger partial charge in [-0.15, -0.1) is 0 Å². The maximum Gasteiger partial charge on any atom is 0.289 e. The number of benzene rings is 1. The molecule has 6 heteroatoms. The lowest BCUT2D eigenvalue weighted by Gasteiger charge is -2.19. The number of nitrogens with one attached hydrogen (secondary N) is 2. The van der Waals surface area contributed by atoms with Gasteiger partial charge in [-0.25, -0.2) is 5.10 Å². The second-order valence-corrected chi connectivity index (χ2v) is 4.50. The van der Waals surface area contributed by atoms with E-state index >= 15 is 0 Å². The van der Waals surface area contributed by atoms with Crippen LogP contribution in [0, 0.1) is 0 Å². The molecular weight excluding hydrogens is 224 g/mol. The largest absolute Gasteiger partial charge is 0.399 e. The van der Waals surface area contributed by atoms with E-state index in [1.54, 1.807) is 6.20 Å². The molecule has 0 radical (unpaired) electrons. The molecule has 1 aromatic heterocycles. The topological polar surface area (TPSA) is 83.8 Å². The lowest BCUT2D eigenvalue weighted by molar-refractivity contribution is 0.957. The highest BCUT2D eigenvalue weighted by molar-refractivity contribution is 7.99. The highest BCUT2D eigenvalue weighted by atomic mass is 32.2. The first-order chi connectivity index (χ1) is 7.74. The number of nitrogens with two attached hydrogens (primary N) is 1. The molecule has 0 bridgehead atoms. The first kappa shape index (κ1) is 9.29. The minimum atomic E-state index is -0.224. The zero-order valence-corrected chi connectivity index (χ0v) is 8.97. The van der Waals surface area contributed by atoms with Crippen LogP contribution in [0.3, 0.4) is 0 Å². The number of anilines is 3. The fraction of sp³-hybridized carbons (Fsp3) is 0. The van der Waals surface area contributed by atoms with E-state index in [4.69, 9.17) is 5.73 Å². The van der Waals surface area contributed by atoms with E-state index in [-0.39, 0.29) is 5.56 Å². The molecule has 0 amide bonds. The third-order valence-corrected chi connectivity index (χ3v) is 3.41. The zero-order valence-electron chi connectivity index (χ0n) is 8.15. The summed E-state index contributed by atoms with van der Waals surface area (Å²) in [5, 5.41) is 9.22. The SMILES string of the molecule is Nc1ccc2c(c1)Nc1c(cn[nH]c1=O)S2. The average Bonchev–Trinajstić information content (AvgIpc) is 2.28. The van der Waals surface area contributed by atoms with Gasteiger partial charge in [0, 0.05) is 10.6 Å². The van der Waals surface area contributed by atoms with Crippen molar-refractivity contribution in [2.75, 3.05) is 11.1 Å². The van der Waals surface area contributed by atoms with Gasteiger partial charge in [0.15, 0.2) is 0 Å². The summed E-state index contributed by atoms with van der Waals surface area (Å²) in [6.07, 6.45) is 1.63. The minimum absolute atomic E-state index is 0.224. The van der Waals surface area contributed by atoms with Crippen molar-refractivity contribution in [3.63, 3.8) is 0 Å². The van der Waals surface area contributed by atoms with Crippen LogP contribution in [0.2, 0.25) is 0 Å². The Morgan fingerprint density at radius 3 is 3.06 bits per heavy atom. The van der Waals surface area contributed by atoms with Crippen LogP contribution >= 0.6 is 11.8 Å². The Bertz CT molecular complexity index is 622. The van der Waals surface area contributed by atoms with E-state index in [0.717, 1.165) is 15.5 Å². The van der Waals surface area contributed by atoms with Gasteiger partial charge in [0.1, 0.15) is 5.69 Å². The Hall–Kier alpha value is -1.95. The summed E-state index contributed by atoms with van der Waals surface area (Å²) in [6.45, 7) is 0. The van der Waals surface area contributed by atoms with Crippen molar-refractivity contribution in [3.05, 3.63) is 34.7 Å². The number of aromatic amines is 1. The van der Waals surface area contributed by atoms with Crippen LogP contribution in [0.4, 0.5) is 17.1 Å². The Morgan fingerprint density at radius 1 is 1.31 bits per heavy atom. The molecule has 1 aliphatic rings.